The van der Waals surface area contributed by atoms with E-state index in [0.29, 0.717) is 5.19 Å². The second kappa shape index (κ2) is 6.42. The molecule has 0 radical (unpaired) electrons. The number of rotatable bonds is 6. The molecule has 18 heavy (non-hydrogen) atoms. The molecule has 1 aromatic rings. The fourth-order valence-corrected chi connectivity index (χ4v) is 4.29. The van der Waals surface area contributed by atoms with Crippen molar-refractivity contribution in [2.45, 2.75) is 39.9 Å². The van der Waals surface area contributed by atoms with Crippen molar-refractivity contribution in [3.63, 3.8) is 0 Å². The fraction of sp³-hybridized carbons (Fsp3) is 0.538. The van der Waals surface area contributed by atoms with Crippen LogP contribution in [0.3, 0.4) is 0 Å². The minimum atomic E-state index is -3.04. The molecule has 0 amide bonds. The fourth-order valence-electron chi connectivity index (χ4n) is 1.68. The molecule has 1 rings (SSSR count). The van der Waals surface area contributed by atoms with Crippen molar-refractivity contribution in [1.29, 1.82) is 0 Å². The molecule has 3 nitrogen and oxygen atoms in total. The van der Waals surface area contributed by atoms with E-state index in [0.717, 1.165) is 0 Å². The van der Waals surface area contributed by atoms with Crippen LogP contribution in [0.25, 0.3) is 0 Å². The predicted molar refractivity (Wildman–Crippen MR) is 71.2 cm³/mol. The van der Waals surface area contributed by atoms with Gasteiger partial charge >= 0.3 is 8.80 Å². The van der Waals surface area contributed by atoms with E-state index in [-0.39, 0.29) is 18.0 Å². The van der Waals surface area contributed by atoms with Gasteiger partial charge < -0.3 is 13.3 Å². The number of halogens is 1. The lowest BCUT2D eigenvalue weighted by molar-refractivity contribution is 0.0455. The van der Waals surface area contributed by atoms with Gasteiger partial charge in [-0.3, -0.25) is 0 Å². The summed E-state index contributed by atoms with van der Waals surface area (Å²) in [5.74, 6) is -0.318. The maximum Gasteiger partial charge on any atom is 0.537 e. The van der Waals surface area contributed by atoms with E-state index in [1.54, 1.807) is 19.2 Å². The maximum atomic E-state index is 13.4. The summed E-state index contributed by atoms with van der Waals surface area (Å²) in [5.41, 5.74) is 0. The molecular formula is C13H21FO3Si. The van der Waals surface area contributed by atoms with Gasteiger partial charge in [0.1, 0.15) is 5.82 Å². The number of hydrogen-bond acceptors (Lipinski definition) is 3. The summed E-state index contributed by atoms with van der Waals surface area (Å²) >= 11 is 0. The highest BCUT2D eigenvalue weighted by molar-refractivity contribution is 6.75. The minimum absolute atomic E-state index is 0.0568. The predicted octanol–water partition coefficient (Wildman–Crippen LogP) is 2.47. The summed E-state index contributed by atoms with van der Waals surface area (Å²) in [4.78, 5) is 0. The van der Waals surface area contributed by atoms with Crippen molar-refractivity contribution in [1.82, 2.24) is 0 Å². The minimum Gasteiger partial charge on any atom is -0.373 e. The molecule has 5 heteroatoms. The van der Waals surface area contributed by atoms with Crippen LogP contribution in [-0.2, 0) is 13.3 Å². The van der Waals surface area contributed by atoms with Gasteiger partial charge in [-0.15, -0.1) is 0 Å². The van der Waals surface area contributed by atoms with E-state index in [9.17, 15) is 4.39 Å². The van der Waals surface area contributed by atoms with E-state index < -0.39 is 8.80 Å². The van der Waals surface area contributed by atoms with Gasteiger partial charge in [-0.25, -0.2) is 4.39 Å². The summed E-state index contributed by atoms with van der Waals surface area (Å²) in [7, 11) is -1.50. The van der Waals surface area contributed by atoms with Crippen LogP contribution >= 0.6 is 0 Å². The SMILES string of the molecule is CO[Si](OC(C)C)(OC(C)C)c1cccc(F)c1. The summed E-state index contributed by atoms with van der Waals surface area (Å²) in [6.45, 7) is 7.63. The van der Waals surface area contributed by atoms with E-state index in [2.05, 4.69) is 0 Å². The molecule has 0 heterocycles. The second-order valence-electron chi connectivity index (χ2n) is 4.60. The quantitative estimate of drug-likeness (QED) is 0.745. The Labute approximate surface area is 109 Å². The third-order valence-electron chi connectivity index (χ3n) is 2.23. The van der Waals surface area contributed by atoms with Crippen molar-refractivity contribution in [3.8, 4) is 0 Å². The molecule has 0 aliphatic rings. The van der Waals surface area contributed by atoms with Gasteiger partial charge in [0.05, 0.1) is 0 Å². The molecule has 0 aromatic heterocycles. The summed E-state index contributed by atoms with van der Waals surface area (Å²) in [6, 6.07) is 6.23. The summed E-state index contributed by atoms with van der Waals surface area (Å²) in [5, 5.41) is 0.646. The lowest BCUT2D eigenvalue weighted by Crippen LogP contribution is -2.58. The third-order valence-corrected chi connectivity index (χ3v) is 5.35. The molecular weight excluding hydrogens is 251 g/mol. The van der Waals surface area contributed by atoms with E-state index in [1.807, 2.05) is 27.7 Å². The Morgan fingerprint density at radius 1 is 1.06 bits per heavy atom. The van der Waals surface area contributed by atoms with Gasteiger partial charge in [0.2, 0.25) is 0 Å². The number of hydrogen-bond donors (Lipinski definition) is 0. The smallest absolute Gasteiger partial charge is 0.373 e. The first-order valence-electron chi connectivity index (χ1n) is 6.06. The Hall–Kier alpha value is -0.753. The van der Waals surface area contributed by atoms with Crippen molar-refractivity contribution in [3.05, 3.63) is 30.1 Å². The van der Waals surface area contributed by atoms with Crippen LogP contribution in [0.5, 0.6) is 0 Å². The van der Waals surface area contributed by atoms with Crippen LogP contribution in [0.4, 0.5) is 4.39 Å². The van der Waals surface area contributed by atoms with Gasteiger partial charge in [-0.05, 0) is 39.8 Å². The molecule has 0 saturated heterocycles. The average Bonchev–Trinajstić information content (AvgIpc) is 2.26. The Morgan fingerprint density at radius 3 is 2.00 bits per heavy atom. The molecule has 1 aromatic carbocycles. The molecule has 0 atom stereocenters. The summed E-state index contributed by atoms with van der Waals surface area (Å²) in [6.07, 6.45) is -0.114. The van der Waals surface area contributed by atoms with Crippen LogP contribution in [0.1, 0.15) is 27.7 Å². The van der Waals surface area contributed by atoms with Crippen LogP contribution in [0.2, 0.25) is 0 Å². The Morgan fingerprint density at radius 2 is 1.61 bits per heavy atom. The van der Waals surface area contributed by atoms with E-state index in [4.69, 9.17) is 13.3 Å². The van der Waals surface area contributed by atoms with Gasteiger partial charge in [-0.1, -0.05) is 12.1 Å². The first-order valence-corrected chi connectivity index (χ1v) is 7.79. The second-order valence-corrected chi connectivity index (χ2v) is 7.17. The molecule has 0 aliphatic heterocycles. The normalized spacial score (nSPS) is 12.4. The zero-order valence-corrected chi connectivity index (χ0v) is 12.6. The highest BCUT2D eigenvalue weighted by Crippen LogP contribution is 2.15. The van der Waals surface area contributed by atoms with Gasteiger partial charge in [-0.2, -0.15) is 0 Å². The zero-order chi connectivity index (χ0) is 13.8. The maximum absolute atomic E-state index is 13.4. The molecule has 0 bridgehead atoms. The summed E-state index contributed by atoms with van der Waals surface area (Å²) < 4.78 is 30.6. The Bertz CT molecular complexity index is 372. The molecule has 0 aliphatic carbocycles. The van der Waals surface area contributed by atoms with E-state index in [1.165, 1.54) is 12.1 Å². The Balaban J connectivity index is 3.16. The van der Waals surface area contributed by atoms with Crippen LogP contribution in [-0.4, -0.2) is 28.1 Å². The topological polar surface area (TPSA) is 27.7 Å². The molecule has 0 saturated carbocycles. The van der Waals surface area contributed by atoms with Crippen LogP contribution in [0.15, 0.2) is 24.3 Å². The lowest BCUT2D eigenvalue weighted by Gasteiger charge is -2.31. The van der Waals surface area contributed by atoms with Crippen molar-refractivity contribution in [2.24, 2.45) is 0 Å². The Kier molecular flexibility index (Phi) is 5.46. The highest BCUT2D eigenvalue weighted by atomic mass is 28.4. The molecule has 0 unspecified atom stereocenters. The van der Waals surface area contributed by atoms with Gasteiger partial charge in [0.15, 0.2) is 0 Å². The third kappa shape index (κ3) is 3.88. The molecule has 0 spiro atoms. The first-order chi connectivity index (χ1) is 8.39. The van der Waals surface area contributed by atoms with Gasteiger partial charge in [0.25, 0.3) is 0 Å². The van der Waals surface area contributed by atoms with E-state index >= 15 is 0 Å². The highest BCUT2D eigenvalue weighted by Gasteiger charge is 2.45. The first kappa shape index (κ1) is 15.3. The molecule has 0 fully saturated rings. The largest absolute Gasteiger partial charge is 0.537 e. The molecule has 0 N–H and O–H groups in total. The zero-order valence-electron chi connectivity index (χ0n) is 11.6. The van der Waals surface area contributed by atoms with Crippen molar-refractivity contribution < 1.29 is 17.7 Å². The van der Waals surface area contributed by atoms with Crippen LogP contribution in [0, 0.1) is 5.82 Å². The lowest BCUT2D eigenvalue weighted by atomic mass is 10.3. The van der Waals surface area contributed by atoms with Crippen molar-refractivity contribution in [2.75, 3.05) is 7.11 Å². The molecule has 102 valence electrons. The van der Waals surface area contributed by atoms with Gasteiger partial charge in [0, 0.05) is 24.5 Å². The standard InChI is InChI=1S/C13H21FO3Si/c1-10(2)16-18(15-5,17-11(3)4)13-8-6-7-12(14)9-13/h6-11H,1-5H3. The van der Waals surface area contributed by atoms with Crippen molar-refractivity contribution >= 4 is 14.0 Å². The number of benzene rings is 1. The average molecular weight is 272 g/mol. The van der Waals surface area contributed by atoms with Crippen LogP contribution < -0.4 is 5.19 Å². The monoisotopic (exact) mass is 272 g/mol.